The van der Waals surface area contributed by atoms with Crippen molar-refractivity contribution >= 4 is 31.9 Å². The fourth-order valence-corrected chi connectivity index (χ4v) is 5.02. The number of hydrogen-bond acceptors (Lipinski definition) is 4. The normalized spacial score (nSPS) is 20.2. The van der Waals surface area contributed by atoms with Gasteiger partial charge in [-0.3, -0.25) is 4.90 Å². The molecule has 166 valence electrons. The Morgan fingerprint density at radius 2 is 1.61 bits per heavy atom. The maximum atomic E-state index is 13.9. The fourth-order valence-electron chi connectivity index (χ4n) is 4.28. The van der Waals surface area contributed by atoms with Gasteiger partial charge < -0.3 is 15.5 Å². The number of nitrogens with zero attached hydrogens (tertiary/aromatic N) is 3. The summed E-state index contributed by atoms with van der Waals surface area (Å²) >= 11 is 7.09. The number of likely N-dealkylation sites (tertiary alicyclic amines) is 1. The largest absolute Gasteiger partial charge is 0.357 e. The molecule has 1 fully saturated rings. The van der Waals surface area contributed by atoms with E-state index >= 15 is 0 Å². The van der Waals surface area contributed by atoms with E-state index in [0.29, 0.717) is 19.8 Å². The lowest BCUT2D eigenvalue weighted by atomic mass is 10.1. The van der Waals surface area contributed by atoms with Crippen LogP contribution in [0.5, 0.6) is 0 Å². The van der Waals surface area contributed by atoms with Gasteiger partial charge in [0.15, 0.2) is 0 Å². The summed E-state index contributed by atoms with van der Waals surface area (Å²) in [7, 11) is 0. The predicted octanol–water partition coefficient (Wildman–Crippen LogP) is 5.03. The lowest BCUT2D eigenvalue weighted by Crippen LogP contribution is -2.50. The molecule has 0 bridgehead atoms. The molecule has 0 radical (unpaired) electrons. The van der Waals surface area contributed by atoms with Crippen molar-refractivity contribution in [3.63, 3.8) is 0 Å². The van der Waals surface area contributed by atoms with Crippen molar-refractivity contribution in [2.45, 2.75) is 32.0 Å². The second-order valence-electron chi connectivity index (χ2n) is 8.23. The first-order valence-corrected chi connectivity index (χ1v) is 12.0. The zero-order valence-corrected chi connectivity index (χ0v) is 20.4. The quantitative estimate of drug-likeness (QED) is 0.561. The standard InChI is InChI=1S/C23H26Br2F2N4/c24-21-5-3-18(26)10-16(21)12-29-9-7-23(30-8-1-2-20(28)14-30)31(15-29)13-17-11-19(27)4-6-22(17)25/h3-7,10-11,20H,1-2,8-9,12-15,28H2/t20-/m1/s1. The van der Waals surface area contributed by atoms with E-state index in [9.17, 15) is 8.78 Å². The molecule has 4 rings (SSSR count). The summed E-state index contributed by atoms with van der Waals surface area (Å²) in [5.41, 5.74) is 8.03. The summed E-state index contributed by atoms with van der Waals surface area (Å²) in [5, 5.41) is 0. The van der Waals surface area contributed by atoms with Crippen molar-refractivity contribution in [2.75, 3.05) is 26.3 Å². The van der Waals surface area contributed by atoms with Gasteiger partial charge in [-0.1, -0.05) is 31.9 Å². The van der Waals surface area contributed by atoms with E-state index in [-0.39, 0.29) is 17.7 Å². The van der Waals surface area contributed by atoms with Crippen LogP contribution in [0.1, 0.15) is 24.0 Å². The highest BCUT2D eigenvalue weighted by atomic mass is 79.9. The molecule has 31 heavy (non-hydrogen) atoms. The van der Waals surface area contributed by atoms with Gasteiger partial charge in [-0.25, -0.2) is 8.78 Å². The topological polar surface area (TPSA) is 35.7 Å². The Kier molecular flexibility index (Phi) is 7.31. The molecule has 2 heterocycles. The van der Waals surface area contributed by atoms with Gasteiger partial charge >= 0.3 is 0 Å². The molecule has 2 aromatic carbocycles. The van der Waals surface area contributed by atoms with E-state index in [1.165, 1.54) is 12.1 Å². The second kappa shape index (κ2) is 9.98. The smallest absolute Gasteiger partial charge is 0.123 e. The third kappa shape index (κ3) is 5.66. The zero-order valence-electron chi connectivity index (χ0n) is 17.2. The zero-order chi connectivity index (χ0) is 22.0. The van der Waals surface area contributed by atoms with Crippen LogP contribution in [0.3, 0.4) is 0 Å². The van der Waals surface area contributed by atoms with Crippen LogP contribution < -0.4 is 5.73 Å². The molecule has 4 nitrogen and oxygen atoms in total. The van der Waals surface area contributed by atoms with Gasteiger partial charge in [0.2, 0.25) is 0 Å². The average molecular weight is 556 g/mol. The van der Waals surface area contributed by atoms with Gasteiger partial charge in [0.25, 0.3) is 0 Å². The Morgan fingerprint density at radius 1 is 0.968 bits per heavy atom. The van der Waals surface area contributed by atoms with E-state index in [1.807, 2.05) is 0 Å². The summed E-state index contributed by atoms with van der Waals surface area (Å²) in [6, 6.07) is 9.71. The Balaban J connectivity index is 1.58. The molecule has 0 aliphatic carbocycles. The molecule has 2 aliphatic heterocycles. The first-order valence-electron chi connectivity index (χ1n) is 10.4. The maximum absolute atomic E-state index is 13.9. The lowest BCUT2D eigenvalue weighted by molar-refractivity contribution is 0.0864. The molecule has 2 N–H and O–H groups in total. The molecule has 2 aromatic rings. The van der Waals surface area contributed by atoms with Gasteiger partial charge in [-0.05, 0) is 66.4 Å². The lowest BCUT2D eigenvalue weighted by Gasteiger charge is -2.44. The van der Waals surface area contributed by atoms with Crippen molar-refractivity contribution in [3.05, 3.63) is 80.0 Å². The number of nitrogens with two attached hydrogens (primary N) is 1. The van der Waals surface area contributed by atoms with Crippen LogP contribution in [0.15, 0.2) is 57.2 Å². The molecule has 0 saturated carbocycles. The van der Waals surface area contributed by atoms with E-state index in [2.05, 4.69) is 52.6 Å². The second-order valence-corrected chi connectivity index (χ2v) is 9.94. The van der Waals surface area contributed by atoms with Gasteiger partial charge in [0.1, 0.15) is 17.5 Å². The van der Waals surface area contributed by atoms with Crippen LogP contribution in [-0.4, -0.2) is 47.0 Å². The fraction of sp³-hybridized carbons (Fsp3) is 0.391. The SMILES string of the molecule is N[C@@H]1CCCN(C2=CCN(Cc3cc(F)ccc3Br)CN2Cc2cc(F)ccc2Br)C1. The average Bonchev–Trinajstić information content (AvgIpc) is 2.74. The van der Waals surface area contributed by atoms with Crippen LogP contribution in [0.25, 0.3) is 0 Å². The number of benzene rings is 2. The first-order chi connectivity index (χ1) is 14.9. The maximum Gasteiger partial charge on any atom is 0.123 e. The molecular weight excluding hydrogens is 530 g/mol. The van der Waals surface area contributed by atoms with Crippen molar-refractivity contribution in [2.24, 2.45) is 5.73 Å². The minimum absolute atomic E-state index is 0.165. The van der Waals surface area contributed by atoms with Crippen LogP contribution in [-0.2, 0) is 13.1 Å². The molecule has 1 saturated heterocycles. The van der Waals surface area contributed by atoms with Crippen molar-refractivity contribution in [3.8, 4) is 0 Å². The Labute approximate surface area is 198 Å². The Bertz CT molecular complexity index is 969. The third-order valence-corrected chi connectivity index (χ3v) is 7.33. The first kappa shape index (κ1) is 22.7. The van der Waals surface area contributed by atoms with E-state index in [4.69, 9.17) is 5.73 Å². The minimum atomic E-state index is -0.249. The molecular formula is C23H26Br2F2N4. The van der Waals surface area contributed by atoms with Gasteiger partial charge in [0, 0.05) is 47.7 Å². The molecule has 0 aromatic heterocycles. The highest BCUT2D eigenvalue weighted by Crippen LogP contribution is 2.28. The molecule has 0 unspecified atom stereocenters. The summed E-state index contributed by atoms with van der Waals surface area (Å²) in [4.78, 5) is 6.85. The predicted molar refractivity (Wildman–Crippen MR) is 126 cm³/mol. The third-order valence-electron chi connectivity index (χ3n) is 5.78. The Morgan fingerprint density at radius 3 is 2.26 bits per heavy atom. The highest BCUT2D eigenvalue weighted by Gasteiger charge is 2.27. The number of rotatable bonds is 5. The van der Waals surface area contributed by atoms with Crippen molar-refractivity contribution in [1.29, 1.82) is 0 Å². The molecule has 1 atom stereocenters. The van der Waals surface area contributed by atoms with Crippen LogP contribution in [0.2, 0.25) is 0 Å². The van der Waals surface area contributed by atoms with Crippen LogP contribution in [0.4, 0.5) is 8.78 Å². The van der Waals surface area contributed by atoms with Crippen molar-refractivity contribution < 1.29 is 8.78 Å². The van der Waals surface area contributed by atoms with Crippen LogP contribution in [0, 0.1) is 11.6 Å². The molecule has 2 aliphatic rings. The molecule has 8 heteroatoms. The van der Waals surface area contributed by atoms with Gasteiger partial charge in [-0.2, -0.15) is 0 Å². The van der Waals surface area contributed by atoms with E-state index < -0.39 is 0 Å². The number of piperidine rings is 1. The van der Waals surface area contributed by atoms with Gasteiger partial charge in [0.05, 0.1) is 6.67 Å². The molecule has 0 amide bonds. The summed E-state index contributed by atoms with van der Waals surface area (Å²) in [6.45, 7) is 4.38. The summed E-state index contributed by atoms with van der Waals surface area (Å²) in [6.07, 6.45) is 4.32. The summed E-state index contributed by atoms with van der Waals surface area (Å²) in [5.74, 6) is 0.649. The van der Waals surface area contributed by atoms with Crippen LogP contribution >= 0.6 is 31.9 Å². The van der Waals surface area contributed by atoms with Gasteiger partial charge in [-0.15, -0.1) is 0 Å². The summed E-state index contributed by atoms with van der Waals surface area (Å²) < 4.78 is 29.5. The van der Waals surface area contributed by atoms with Crippen molar-refractivity contribution in [1.82, 2.24) is 14.7 Å². The number of halogens is 4. The molecule has 0 spiro atoms. The minimum Gasteiger partial charge on any atom is -0.357 e. The monoisotopic (exact) mass is 554 g/mol. The number of hydrogen-bond donors (Lipinski definition) is 1. The van der Waals surface area contributed by atoms with E-state index in [1.54, 1.807) is 24.3 Å². The van der Waals surface area contributed by atoms with E-state index in [0.717, 1.165) is 58.4 Å². The Hall–Kier alpha value is -1.48. The highest BCUT2D eigenvalue weighted by molar-refractivity contribution is 9.10.